The summed E-state index contributed by atoms with van der Waals surface area (Å²) in [5.41, 5.74) is 0.387. The van der Waals surface area contributed by atoms with E-state index in [1.807, 2.05) is 0 Å². The molecule has 17 heavy (non-hydrogen) atoms. The van der Waals surface area contributed by atoms with Crippen molar-refractivity contribution in [3.63, 3.8) is 0 Å². The van der Waals surface area contributed by atoms with Crippen LogP contribution in [0.2, 0.25) is 5.31 Å². The molecule has 0 N–H and O–H groups in total. The fraction of sp³-hybridized carbons (Fsp3) is 0.733. The van der Waals surface area contributed by atoms with Crippen LogP contribution in [0.4, 0.5) is 0 Å². The zero-order valence-electron chi connectivity index (χ0n) is 12.0. The van der Waals surface area contributed by atoms with E-state index in [9.17, 15) is 0 Å². The van der Waals surface area contributed by atoms with Crippen LogP contribution in [0, 0.1) is 11.3 Å². The molecule has 0 spiro atoms. The van der Waals surface area contributed by atoms with Gasteiger partial charge in [0.15, 0.2) is 0 Å². The number of hydrogen-bond donors (Lipinski definition) is 0. The lowest BCUT2D eigenvalue weighted by atomic mass is 9.50. The van der Waals surface area contributed by atoms with Crippen LogP contribution in [0.3, 0.4) is 0 Å². The lowest BCUT2D eigenvalue weighted by Gasteiger charge is -2.43. The monoisotopic (exact) mass is 231 g/mol. The highest BCUT2D eigenvalue weighted by molar-refractivity contribution is 6.15. The van der Waals surface area contributed by atoms with Crippen molar-refractivity contribution in [3.8, 4) is 0 Å². The summed E-state index contributed by atoms with van der Waals surface area (Å²) in [6.07, 6.45) is 11.8. The average Bonchev–Trinajstić information content (AvgIpc) is 2.37. The fourth-order valence-corrected chi connectivity index (χ4v) is 3.18. The Hall–Kier alpha value is -0.495. The van der Waals surface area contributed by atoms with Gasteiger partial charge >= 0.3 is 0 Å². The summed E-state index contributed by atoms with van der Waals surface area (Å²) < 4.78 is 0. The average molecular weight is 231 g/mol. The molecular formula is C15H26BN. The van der Waals surface area contributed by atoms with Crippen LogP contribution < -0.4 is 0 Å². The first-order valence-electron chi connectivity index (χ1n) is 6.89. The van der Waals surface area contributed by atoms with Crippen molar-refractivity contribution >= 4 is 7.85 Å². The molecule has 0 aromatic carbocycles. The van der Waals surface area contributed by atoms with Crippen molar-refractivity contribution in [1.29, 1.82) is 0 Å². The van der Waals surface area contributed by atoms with Gasteiger partial charge in [0.1, 0.15) is 7.85 Å². The highest BCUT2D eigenvalue weighted by Crippen LogP contribution is 2.53. The lowest BCUT2D eigenvalue weighted by molar-refractivity contribution is 0.226. The van der Waals surface area contributed by atoms with Gasteiger partial charge < -0.3 is 0 Å². The maximum absolute atomic E-state index is 2.53. The molecule has 94 valence electrons. The van der Waals surface area contributed by atoms with Gasteiger partial charge in [-0.15, -0.1) is 0 Å². The van der Waals surface area contributed by atoms with E-state index >= 15 is 0 Å². The standard InChI is InChI=1S/C15H26BN/c1-14(2,3)15(16)9-10-17(4)13-8-6-5-7-12(13)11-15/h5-8,12-13H,9-11,16H2,1-4H3. The van der Waals surface area contributed by atoms with Crippen LogP contribution in [-0.4, -0.2) is 32.4 Å². The largest absolute Gasteiger partial charge is 0.299 e. The van der Waals surface area contributed by atoms with Gasteiger partial charge in [0.05, 0.1) is 0 Å². The Morgan fingerprint density at radius 1 is 1.24 bits per heavy atom. The molecule has 2 heteroatoms. The van der Waals surface area contributed by atoms with E-state index in [0.29, 0.717) is 22.7 Å². The van der Waals surface area contributed by atoms with Crippen molar-refractivity contribution in [1.82, 2.24) is 4.90 Å². The molecule has 1 nitrogen and oxygen atoms in total. The number of likely N-dealkylation sites (N-methyl/N-ethyl adjacent to an activating group) is 1. The Bertz CT molecular complexity index is 339. The summed E-state index contributed by atoms with van der Waals surface area (Å²) in [5.74, 6) is 0.691. The Morgan fingerprint density at radius 3 is 2.53 bits per heavy atom. The second-order valence-electron chi connectivity index (χ2n) is 7.17. The van der Waals surface area contributed by atoms with Gasteiger partial charge in [-0.05, 0) is 37.8 Å². The summed E-state index contributed by atoms with van der Waals surface area (Å²) in [4.78, 5) is 2.53. The van der Waals surface area contributed by atoms with Crippen molar-refractivity contribution in [2.45, 2.75) is 45.0 Å². The molecule has 1 saturated heterocycles. The van der Waals surface area contributed by atoms with Gasteiger partial charge in [-0.3, -0.25) is 4.90 Å². The summed E-state index contributed by atoms with van der Waals surface area (Å²) >= 11 is 0. The Labute approximate surface area is 107 Å². The van der Waals surface area contributed by atoms with Gasteiger partial charge in [-0.2, -0.15) is 0 Å². The van der Waals surface area contributed by atoms with Crippen molar-refractivity contribution in [2.75, 3.05) is 13.6 Å². The number of nitrogens with zero attached hydrogens (tertiary/aromatic N) is 1. The number of likely N-dealkylation sites (tertiary alicyclic amines) is 1. The maximum Gasteiger partial charge on any atom is 0.110 e. The smallest absolute Gasteiger partial charge is 0.110 e. The summed E-state index contributed by atoms with van der Waals surface area (Å²) in [6.45, 7) is 8.41. The van der Waals surface area contributed by atoms with Crippen LogP contribution >= 0.6 is 0 Å². The second kappa shape index (κ2) is 4.31. The van der Waals surface area contributed by atoms with Gasteiger partial charge in [0, 0.05) is 6.04 Å². The minimum atomic E-state index is 0.387. The predicted octanol–water partition coefficient (Wildman–Crippen LogP) is 2.66. The van der Waals surface area contributed by atoms with Crippen molar-refractivity contribution in [2.24, 2.45) is 11.3 Å². The molecule has 0 saturated carbocycles. The van der Waals surface area contributed by atoms with Crippen LogP contribution in [-0.2, 0) is 0 Å². The van der Waals surface area contributed by atoms with E-state index in [0.717, 1.165) is 0 Å². The summed E-state index contributed by atoms with van der Waals surface area (Å²) in [7, 11) is 4.75. The first-order valence-corrected chi connectivity index (χ1v) is 6.89. The molecule has 0 aromatic rings. The number of hydrogen-bond acceptors (Lipinski definition) is 1. The van der Waals surface area contributed by atoms with E-state index in [-0.39, 0.29) is 0 Å². The summed E-state index contributed by atoms with van der Waals surface area (Å²) in [5, 5.41) is 0.441. The third kappa shape index (κ3) is 2.38. The quantitative estimate of drug-likeness (QED) is 0.579. The van der Waals surface area contributed by atoms with Crippen LogP contribution in [0.1, 0.15) is 33.6 Å². The number of fused-ring (bicyclic) bond motifs is 1. The second-order valence-corrected chi connectivity index (χ2v) is 7.17. The van der Waals surface area contributed by atoms with Crippen LogP contribution in [0.5, 0.6) is 0 Å². The minimum Gasteiger partial charge on any atom is -0.299 e. The molecule has 1 aliphatic carbocycles. The molecule has 2 rings (SSSR count). The highest BCUT2D eigenvalue weighted by Gasteiger charge is 2.42. The maximum atomic E-state index is 2.53. The third-order valence-corrected chi connectivity index (χ3v) is 5.24. The van der Waals surface area contributed by atoms with E-state index in [2.05, 4.69) is 64.9 Å². The van der Waals surface area contributed by atoms with Crippen molar-refractivity contribution < 1.29 is 0 Å². The molecule has 0 aromatic heterocycles. The molecule has 3 atom stereocenters. The van der Waals surface area contributed by atoms with Crippen molar-refractivity contribution in [3.05, 3.63) is 24.3 Å². The summed E-state index contributed by atoms with van der Waals surface area (Å²) in [6, 6.07) is 0.615. The number of allylic oxidation sites excluding steroid dienone is 2. The Kier molecular flexibility index (Phi) is 3.28. The van der Waals surface area contributed by atoms with E-state index in [1.54, 1.807) is 0 Å². The third-order valence-electron chi connectivity index (χ3n) is 5.24. The molecular weight excluding hydrogens is 205 g/mol. The van der Waals surface area contributed by atoms with Gasteiger partial charge in [0.25, 0.3) is 0 Å². The van der Waals surface area contributed by atoms with Gasteiger partial charge in [0.2, 0.25) is 0 Å². The predicted molar refractivity (Wildman–Crippen MR) is 78.1 cm³/mol. The zero-order chi connectivity index (χ0) is 12.7. The molecule has 0 bridgehead atoms. The SMILES string of the molecule is BC1(C(C)(C)C)CCN(C)C2C=CC=CC2C1. The molecule has 1 heterocycles. The Balaban J connectivity index is 2.27. The van der Waals surface area contributed by atoms with E-state index in [1.165, 1.54) is 19.4 Å². The molecule has 2 aliphatic rings. The van der Waals surface area contributed by atoms with Crippen LogP contribution in [0.15, 0.2) is 24.3 Å². The van der Waals surface area contributed by atoms with E-state index in [4.69, 9.17) is 0 Å². The molecule has 0 amide bonds. The first-order chi connectivity index (χ1) is 7.83. The van der Waals surface area contributed by atoms with Gasteiger partial charge in [-0.1, -0.05) is 50.4 Å². The number of rotatable bonds is 0. The van der Waals surface area contributed by atoms with Crippen LogP contribution in [0.25, 0.3) is 0 Å². The normalized spacial score (nSPS) is 38.8. The molecule has 1 aliphatic heterocycles. The highest BCUT2D eigenvalue weighted by atomic mass is 15.1. The fourth-order valence-electron chi connectivity index (χ4n) is 3.18. The zero-order valence-corrected chi connectivity index (χ0v) is 12.0. The molecule has 3 unspecified atom stereocenters. The lowest BCUT2D eigenvalue weighted by Crippen LogP contribution is -2.35. The Morgan fingerprint density at radius 2 is 1.88 bits per heavy atom. The molecule has 0 radical (unpaired) electrons. The first kappa shape index (κ1) is 12.9. The minimum absolute atomic E-state index is 0.387. The van der Waals surface area contributed by atoms with E-state index < -0.39 is 0 Å². The van der Waals surface area contributed by atoms with Gasteiger partial charge in [-0.25, -0.2) is 0 Å². The topological polar surface area (TPSA) is 3.24 Å². The molecule has 1 fully saturated rings.